The van der Waals surface area contributed by atoms with E-state index in [0.717, 1.165) is 24.3 Å². The Hall–Kier alpha value is -1.90. The van der Waals surface area contributed by atoms with Crippen molar-refractivity contribution >= 4 is 17.4 Å². The third-order valence-corrected chi connectivity index (χ3v) is 5.58. The maximum Gasteiger partial charge on any atom is 0.236 e. The Labute approximate surface area is 163 Å². The number of carbonyl (C=O) groups excluding carboxylic acids is 1. The van der Waals surface area contributed by atoms with Gasteiger partial charge in [-0.05, 0) is 50.4 Å². The van der Waals surface area contributed by atoms with Gasteiger partial charge in [0.05, 0.1) is 12.2 Å². The summed E-state index contributed by atoms with van der Waals surface area (Å²) in [6.07, 6.45) is 0. The van der Waals surface area contributed by atoms with E-state index in [1.807, 2.05) is 48.5 Å². The summed E-state index contributed by atoms with van der Waals surface area (Å²) in [6.45, 7) is 3.39. The molecule has 0 aliphatic carbocycles. The van der Waals surface area contributed by atoms with Crippen LogP contribution in [0.25, 0.3) is 0 Å². The highest BCUT2D eigenvalue weighted by Crippen LogP contribution is 2.39. The maximum atomic E-state index is 13.3. The van der Waals surface area contributed by atoms with E-state index < -0.39 is 0 Å². The largest absolute Gasteiger partial charge is 0.340 e. The smallest absolute Gasteiger partial charge is 0.236 e. The molecule has 0 bridgehead atoms. The van der Waals surface area contributed by atoms with Crippen molar-refractivity contribution in [3.63, 3.8) is 0 Å². The topological polar surface area (TPSA) is 52.6 Å². The number of likely N-dealkylation sites (tertiary alicyclic amines) is 1. The lowest BCUT2D eigenvalue weighted by Gasteiger charge is -2.22. The van der Waals surface area contributed by atoms with Crippen LogP contribution in [0.1, 0.15) is 23.1 Å². The summed E-state index contributed by atoms with van der Waals surface area (Å²) in [5.74, 6) is 0.0592. The SMILES string of the molecule is CN(C)CCN(C)CC(=O)N1C[C@@H](c2ccc(F)cc2)[C@H](c2csnn2)C1. The van der Waals surface area contributed by atoms with Crippen molar-refractivity contribution < 1.29 is 9.18 Å². The number of amides is 1. The van der Waals surface area contributed by atoms with Gasteiger partial charge < -0.3 is 9.80 Å². The van der Waals surface area contributed by atoms with Crippen molar-refractivity contribution in [2.45, 2.75) is 11.8 Å². The molecule has 0 N–H and O–H groups in total. The van der Waals surface area contributed by atoms with Crippen LogP contribution >= 0.6 is 11.5 Å². The van der Waals surface area contributed by atoms with Gasteiger partial charge >= 0.3 is 0 Å². The van der Waals surface area contributed by atoms with Crippen molar-refractivity contribution in [3.8, 4) is 0 Å². The number of rotatable bonds is 7. The molecule has 0 spiro atoms. The molecule has 1 aromatic carbocycles. The summed E-state index contributed by atoms with van der Waals surface area (Å²) in [6, 6.07) is 6.57. The van der Waals surface area contributed by atoms with E-state index in [2.05, 4.69) is 14.5 Å². The quantitative estimate of drug-likeness (QED) is 0.721. The van der Waals surface area contributed by atoms with E-state index in [0.29, 0.717) is 19.6 Å². The first-order valence-electron chi connectivity index (χ1n) is 9.07. The van der Waals surface area contributed by atoms with Gasteiger partial charge in [0, 0.05) is 43.4 Å². The highest BCUT2D eigenvalue weighted by atomic mass is 32.1. The number of likely N-dealkylation sites (N-methyl/N-ethyl adjacent to an activating group) is 2. The Bertz CT molecular complexity index is 737. The summed E-state index contributed by atoms with van der Waals surface area (Å²) < 4.78 is 17.3. The van der Waals surface area contributed by atoms with Crippen LogP contribution in [0, 0.1) is 5.82 Å². The third kappa shape index (κ3) is 5.09. The van der Waals surface area contributed by atoms with E-state index in [9.17, 15) is 9.18 Å². The molecule has 1 saturated heterocycles. The zero-order chi connectivity index (χ0) is 19.4. The number of carbonyl (C=O) groups is 1. The second-order valence-electron chi connectivity index (χ2n) is 7.43. The van der Waals surface area contributed by atoms with Gasteiger partial charge in [0.25, 0.3) is 0 Å². The fourth-order valence-corrected chi connectivity index (χ4v) is 3.99. The van der Waals surface area contributed by atoms with Gasteiger partial charge in [-0.15, -0.1) is 5.10 Å². The van der Waals surface area contributed by atoms with Crippen LogP contribution in [0.3, 0.4) is 0 Å². The van der Waals surface area contributed by atoms with Crippen molar-refractivity contribution in [3.05, 3.63) is 46.7 Å². The number of hydrogen-bond donors (Lipinski definition) is 0. The number of aromatic nitrogens is 2. The van der Waals surface area contributed by atoms with Gasteiger partial charge in [0.2, 0.25) is 5.91 Å². The molecule has 8 heteroatoms. The molecule has 6 nitrogen and oxygen atoms in total. The van der Waals surface area contributed by atoms with Crippen LogP contribution in [-0.2, 0) is 4.79 Å². The van der Waals surface area contributed by atoms with Crippen LogP contribution in [0.4, 0.5) is 4.39 Å². The minimum Gasteiger partial charge on any atom is -0.340 e. The Morgan fingerprint density at radius 3 is 2.52 bits per heavy atom. The molecule has 27 heavy (non-hydrogen) atoms. The Kier molecular flexibility index (Phi) is 6.51. The number of benzene rings is 1. The van der Waals surface area contributed by atoms with Gasteiger partial charge in [0.15, 0.2) is 0 Å². The predicted molar refractivity (Wildman–Crippen MR) is 104 cm³/mol. The summed E-state index contributed by atoms with van der Waals surface area (Å²) in [5, 5.41) is 6.18. The highest BCUT2D eigenvalue weighted by molar-refractivity contribution is 7.03. The van der Waals surface area contributed by atoms with Gasteiger partial charge in [0.1, 0.15) is 5.82 Å². The zero-order valence-corrected chi connectivity index (χ0v) is 16.8. The molecule has 0 saturated carbocycles. The normalized spacial score (nSPS) is 20.0. The number of hydrogen-bond acceptors (Lipinski definition) is 6. The van der Waals surface area contributed by atoms with E-state index in [1.165, 1.54) is 23.7 Å². The van der Waals surface area contributed by atoms with E-state index in [4.69, 9.17) is 0 Å². The standard InChI is InChI=1S/C19H26FN5OS/c1-23(2)8-9-24(3)12-19(26)25-10-16(14-4-6-15(20)7-5-14)17(11-25)18-13-27-22-21-18/h4-7,13,16-17H,8-12H2,1-3H3/t16-,17+/m0/s1. The summed E-state index contributed by atoms with van der Waals surface area (Å²) in [5.41, 5.74) is 1.94. The van der Waals surface area contributed by atoms with Crippen LogP contribution in [0.15, 0.2) is 29.6 Å². The molecular formula is C19H26FN5OS. The van der Waals surface area contributed by atoms with Crippen LogP contribution < -0.4 is 0 Å². The molecule has 146 valence electrons. The number of nitrogens with zero attached hydrogens (tertiary/aromatic N) is 5. The molecule has 1 aromatic heterocycles. The molecule has 2 heterocycles. The summed E-state index contributed by atoms with van der Waals surface area (Å²) >= 11 is 1.32. The predicted octanol–water partition coefficient (Wildman–Crippen LogP) is 1.88. The lowest BCUT2D eigenvalue weighted by atomic mass is 9.87. The second-order valence-corrected chi connectivity index (χ2v) is 8.04. The average Bonchev–Trinajstić information content (AvgIpc) is 3.30. The van der Waals surface area contributed by atoms with Crippen LogP contribution in [0.5, 0.6) is 0 Å². The van der Waals surface area contributed by atoms with Crippen molar-refractivity contribution in [2.75, 3.05) is 53.9 Å². The van der Waals surface area contributed by atoms with E-state index in [1.54, 1.807) is 0 Å². The van der Waals surface area contributed by atoms with Crippen molar-refractivity contribution in [1.29, 1.82) is 0 Å². The summed E-state index contributed by atoms with van der Waals surface area (Å²) in [7, 11) is 6.02. The minimum absolute atomic E-state index is 0.0882. The second kappa shape index (κ2) is 8.86. The van der Waals surface area contributed by atoms with Crippen molar-refractivity contribution in [1.82, 2.24) is 24.3 Å². The number of halogens is 1. The first-order valence-corrected chi connectivity index (χ1v) is 9.91. The molecule has 0 radical (unpaired) electrons. The Balaban J connectivity index is 1.71. The molecule has 1 aliphatic heterocycles. The Morgan fingerprint density at radius 2 is 1.89 bits per heavy atom. The van der Waals surface area contributed by atoms with Crippen molar-refractivity contribution in [2.24, 2.45) is 0 Å². The summed E-state index contributed by atoms with van der Waals surface area (Å²) in [4.78, 5) is 18.9. The average molecular weight is 392 g/mol. The third-order valence-electron chi connectivity index (χ3n) is 5.06. The molecule has 1 fully saturated rings. The van der Waals surface area contributed by atoms with Gasteiger partial charge in [-0.3, -0.25) is 9.69 Å². The first kappa shape index (κ1) is 19.9. The molecule has 1 aliphatic rings. The molecular weight excluding hydrogens is 365 g/mol. The molecule has 0 unspecified atom stereocenters. The van der Waals surface area contributed by atoms with Gasteiger partial charge in [-0.25, -0.2) is 4.39 Å². The minimum atomic E-state index is -0.251. The van der Waals surface area contributed by atoms with Gasteiger partial charge in [-0.2, -0.15) is 0 Å². The maximum absolute atomic E-state index is 13.3. The molecule has 2 atom stereocenters. The zero-order valence-electron chi connectivity index (χ0n) is 16.0. The molecule has 1 amide bonds. The van der Waals surface area contributed by atoms with Gasteiger partial charge in [-0.1, -0.05) is 16.6 Å². The lowest BCUT2D eigenvalue weighted by Crippen LogP contribution is -2.39. The highest BCUT2D eigenvalue weighted by Gasteiger charge is 2.38. The van der Waals surface area contributed by atoms with E-state index in [-0.39, 0.29) is 23.6 Å². The fraction of sp³-hybridized carbons (Fsp3) is 0.526. The Morgan fingerprint density at radius 1 is 1.19 bits per heavy atom. The lowest BCUT2D eigenvalue weighted by molar-refractivity contribution is -0.131. The fourth-order valence-electron chi connectivity index (χ4n) is 3.47. The molecule has 3 rings (SSSR count). The van der Waals surface area contributed by atoms with Crippen LogP contribution in [-0.4, -0.2) is 84.1 Å². The first-order chi connectivity index (χ1) is 12.9. The van der Waals surface area contributed by atoms with Crippen LogP contribution in [0.2, 0.25) is 0 Å². The monoisotopic (exact) mass is 391 g/mol. The van der Waals surface area contributed by atoms with E-state index >= 15 is 0 Å². The molecule has 2 aromatic rings.